The topological polar surface area (TPSA) is 55.4 Å². The summed E-state index contributed by atoms with van der Waals surface area (Å²) in [4.78, 5) is 24.3. The second-order valence-electron chi connectivity index (χ2n) is 6.31. The number of fused-ring (bicyclic) bond motifs is 1. The Morgan fingerprint density at radius 1 is 1.00 bits per heavy atom. The van der Waals surface area contributed by atoms with E-state index in [1.807, 2.05) is 42.5 Å². The predicted octanol–water partition coefficient (Wildman–Crippen LogP) is 4.46. The summed E-state index contributed by atoms with van der Waals surface area (Å²) in [5, 5.41) is 5.75. The molecule has 138 valence electrons. The zero-order valence-electron chi connectivity index (χ0n) is 14.9. The summed E-state index contributed by atoms with van der Waals surface area (Å²) < 4.78 is 4.76. The number of methoxy groups -OCH3 is 1. The second-order valence-corrected chi connectivity index (χ2v) is 6.75. The Morgan fingerprint density at radius 2 is 1.70 bits per heavy atom. The first-order valence-corrected chi connectivity index (χ1v) is 9.02. The van der Waals surface area contributed by atoms with E-state index in [-0.39, 0.29) is 24.7 Å². The van der Waals surface area contributed by atoms with Crippen molar-refractivity contribution in [1.29, 1.82) is 0 Å². The molecule has 3 rings (SSSR count). The standard InChI is InChI=1S/C22H20ClNO3/c1-27-22(26)14-20(17-8-10-19(23)11-9-17)24-21(25)13-15-6-7-16-4-2-3-5-18(16)12-15/h2-12,20H,13-14H2,1H3,(H,24,25)/t20-/m1/s1. The summed E-state index contributed by atoms with van der Waals surface area (Å²) in [6.07, 6.45) is 0.289. The molecule has 3 aromatic rings. The maximum Gasteiger partial charge on any atom is 0.307 e. The lowest BCUT2D eigenvalue weighted by atomic mass is 10.0. The van der Waals surface area contributed by atoms with E-state index in [1.54, 1.807) is 24.3 Å². The van der Waals surface area contributed by atoms with Gasteiger partial charge in [0.15, 0.2) is 0 Å². The van der Waals surface area contributed by atoms with Crippen molar-refractivity contribution in [2.45, 2.75) is 18.9 Å². The summed E-state index contributed by atoms with van der Waals surface area (Å²) in [5.41, 5.74) is 1.72. The van der Waals surface area contributed by atoms with E-state index in [0.29, 0.717) is 5.02 Å². The molecule has 0 saturated carbocycles. The molecule has 0 aliphatic heterocycles. The van der Waals surface area contributed by atoms with Crippen molar-refractivity contribution in [3.8, 4) is 0 Å². The molecule has 0 unspecified atom stereocenters. The average molecular weight is 382 g/mol. The summed E-state index contributed by atoms with van der Waals surface area (Å²) >= 11 is 5.93. The normalized spacial score (nSPS) is 11.8. The number of hydrogen-bond acceptors (Lipinski definition) is 3. The molecule has 0 aliphatic carbocycles. The van der Waals surface area contributed by atoms with Crippen molar-refractivity contribution >= 4 is 34.2 Å². The molecule has 0 radical (unpaired) electrons. The molecule has 1 N–H and O–H groups in total. The molecule has 5 heteroatoms. The monoisotopic (exact) mass is 381 g/mol. The number of esters is 1. The molecule has 0 bridgehead atoms. The zero-order chi connectivity index (χ0) is 19.2. The Balaban J connectivity index is 1.74. The second kappa shape index (κ2) is 8.69. The first kappa shape index (κ1) is 18.9. The van der Waals surface area contributed by atoms with E-state index in [9.17, 15) is 9.59 Å². The van der Waals surface area contributed by atoms with E-state index < -0.39 is 6.04 Å². The van der Waals surface area contributed by atoms with Crippen LogP contribution in [0.3, 0.4) is 0 Å². The maximum atomic E-state index is 12.6. The largest absolute Gasteiger partial charge is 0.469 e. The van der Waals surface area contributed by atoms with Gasteiger partial charge in [-0.1, -0.05) is 66.2 Å². The molecular formula is C22H20ClNO3. The Labute approximate surface area is 163 Å². The van der Waals surface area contributed by atoms with Crippen LogP contribution in [0.2, 0.25) is 5.02 Å². The number of hydrogen-bond donors (Lipinski definition) is 1. The van der Waals surface area contributed by atoms with Crippen molar-refractivity contribution in [3.63, 3.8) is 0 Å². The number of nitrogens with one attached hydrogen (secondary N) is 1. The fourth-order valence-corrected chi connectivity index (χ4v) is 3.10. The van der Waals surface area contributed by atoms with Gasteiger partial charge >= 0.3 is 5.97 Å². The van der Waals surface area contributed by atoms with Crippen LogP contribution in [0.4, 0.5) is 0 Å². The highest BCUT2D eigenvalue weighted by Crippen LogP contribution is 2.21. The number of carbonyl (C=O) groups excluding carboxylic acids is 2. The van der Waals surface area contributed by atoms with Gasteiger partial charge in [0.05, 0.1) is 26.0 Å². The van der Waals surface area contributed by atoms with Crippen LogP contribution < -0.4 is 5.32 Å². The minimum Gasteiger partial charge on any atom is -0.469 e. The predicted molar refractivity (Wildman–Crippen MR) is 107 cm³/mol. The van der Waals surface area contributed by atoms with Crippen molar-refractivity contribution in [2.24, 2.45) is 0 Å². The highest BCUT2D eigenvalue weighted by atomic mass is 35.5. The lowest BCUT2D eigenvalue weighted by Gasteiger charge is -2.18. The molecule has 1 amide bonds. The van der Waals surface area contributed by atoms with Gasteiger partial charge in [0.25, 0.3) is 0 Å². The summed E-state index contributed by atoms with van der Waals surface area (Å²) in [6, 6.07) is 20.6. The van der Waals surface area contributed by atoms with Crippen LogP contribution in [0.5, 0.6) is 0 Å². The molecule has 0 aromatic heterocycles. The van der Waals surface area contributed by atoms with Gasteiger partial charge in [0.2, 0.25) is 5.91 Å². The van der Waals surface area contributed by atoms with Crippen LogP contribution >= 0.6 is 11.6 Å². The van der Waals surface area contributed by atoms with Gasteiger partial charge in [0, 0.05) is 5.02 Å². The van der Waals surface area contributed by atoms with Crippen LogP contribution in [0.15, 0.2) is 66.7 Å². The highest BCUT2D eigenvalue weighted by Gasteiger charge is 2.19. The van der Waals surface area contributed by atoms with Gasteiger partial charge in [-0.15, -0.1) is 0 Å². The Hall–Kier alpha value is -2.85. The van der Waals surface area contributed by atoms with E-state index in [4.69, 9.17) is 16.3 Å². The quantitative estimate of drug-likeness (QED) is 0.641. The molecule has 1 atom stereocenters. The SMILES string of the molecule is COC(=O)C[C@@H](NC(=O)Cc1ccc2ccccc2c1)c1ccc(Cl)cc1. The van der Waals surface area contributed by atoms with Crippen molar-refractivity contribution < 1.29 is 14.3 Å². The third-order valence-corrected chi connectivity index (χ3v) is 4.64. The lowest BCUT2D eigenvalue weighted by Crippen LogP contribution is -2.31. The molecule has 0 fully saturated rings. The third-order valence-electron chi connectivity index (χ3n) is 4.38. The van der Waals surface area contributed by atoms with E-state index >= 15 is 0 Å². The van der Waals surface area contributed by atoms with Crippen molar-refractivity contribution in [3.05, 3.63) is 82.9 Å². The highest BCUT2D eigenvalue weighted by molar-refractivity contribution is 6.30. The van der Waals surface area contributed by atoms with E-state index in [2.05, 4.69) is 5.32 Å². The molecule has 3 aromatic carbocycles. The number of carbonyl (C=O) groups is 2. The van der Waals surface area contributed by atoms with Gasteiger partial charge in [-0.3, -0.25) is 9.59 Å². The number of halogens is 1. The smallest absolute Gasteiger partial charge is 0.307 e. The summed E-state index contributed by atoms with van der Waals surface area (Å²) in [5.74, 6) is -0.546. The van der Waals surface area contributed by atoms with E-state index in [0.717, 1.165) is 21.9 Å². The first-order chi connectivity index (χ1) is 13.0. The molecule has 0 aliphatic rings. The fourth-order valence-electron chi connectivity index (χ4n) is 2.98. The van der Waals surface area contributed by atoms with Gasteiger partial charge in [-0.05, 0) is 34.0 Å². The Bertz CT molecular complexity index is 953. The summed E-state index contributed by atoms with van der Waals surface area (Å²) in [6.45, 7) is 0. The number of benzene rings is 3. The molecule has 4 nitrogen and oxygen atoms in total. The van der Waals surface area contributed by atoms with Crippen molar-refractivity contribution in [1.82, 2.24) is 5.32 Å². The van der Waals surface area contributed by atoms with Gasteiger partial charge in [0.1, 0.15) is 0 Å². The lowest BCUT2D eigenvalue weighted by molar-refractivity contribution is -0.141. The summed E-state index contributed by atoms with van der Waals surface area (Å²) in [7, 11) is 1.33. The van der Waals surface area contributed by atoms with E-state index in [1.165, 1.54) is 7.11 Å². The number of ether oxygens (including phenoxy) is 1. The molecule has 0 saturated heterocycles. The Morgan fingerprint density at radius 3 is 2.41 bits per heavy atom. The van der Waals surface area contributed by atoms with Gasteiger partial charge in [-0.2, -0.15) is 0 Å². The first-order valence-electron chi connectivity index (χ1n) is 8.64. The van der Waals surface area contributed by atoms with Crippen LogP contribution in [0.25, 0.3) is 10.8 Å². The number of amides is 1. The van der Waals surface area contributed by atoms with Gasteiger partial charge in [-0.25, -0.2) is 0 Å². The van der Waals surface area contributed by atoms with Gasteiger partial charge < -0.3 is 10.1 Å². The number of rotatable bonds is 6. The molecule has 27 heavy (non-hydrogen) atoms. The zero-order valence-corrected chi connectivity index (χ0v) is 15.7. The minimum absolute atomic E-state index is 0.0571. The van der Waals surface area contributed by atoms with Crippen LogP contribution in [0.1, 0.15) is 23.6 Å². The molecule has 0 spiro atoms. The van der Waals surface area contributed by atoms with Crippen LogP contribution in [-0.4, -0.2) is 19.0 Å². The fraction of sp³-hybridized carbons (Fsp3) is 0.182. The van der Waals surface area contributed by atoms with Crippen LogP contribution in [0, 0.1) is 0 Å². The third kappa shape index (κ3) is 5.08. The Kier molecular flexibility index (Phi) is 6.09. The molecular weight excluding hydrogens is 362 g/mol. The minimum atomic E-state index is -0.470. The average Bonchev–Trinajstić information content (AvgIpc) is 2.67. The van der Waals surface area contributed by atoms with Crippen molar-refractivity contribution in [2.75, 3.05) is 7.11 Å². The van der Waals surface area contributed by atoms with Crippen LogP contribution in [-0.2, 0) is 20.7 Å². The molecule has 0 heterocycles. The maximum absolute atomic E-state index is 12.6.